The summed E-state index contributed by atoms with van der Waals surface area (Å²) in [7, 11) is 3.83. The van der Waals surface area contributed by atoms with E-state index < -0.39 is 34.7 Å². The molecule has 1 aliphatic rings. The summed E-state index contributed by atoms with van der Waals surface area (Å²) in [6.07, 6.45) is -4.51. The number of rotatable bonds is 11. The van der Waals surface area contributed by atoms with Crippen LogP contribution in [0.1, 0.15) is 50.2 Å². The van der Waals surface area contributed by atoms with Crippen molar-refractivity contribution in [2.45, 2.75) is 31.0 Å². The largest absolute Gasteiger partial charge is 0.417 e. The van der Waals surface area contributed by atoms with Gasteiger partial charge in [0.25, 0.3) is 17.7 Å². The van der Waals surface area contributed by atoms with Gasteiger partial charge in [0.2, 0.25) is 0 Å². The zero-order valence-corrected chi connectivity index (χ0v) is 28.9. The number of hydrogen-bond acceptors (Lipinski definition) is 6. The SMILES string of the molecule is CN(C)CCNC(=O)c1cccc(-c2cccc(CC(O)(C(=O)Nc3ccc(C#N)c(C(F)(F)F)c3)C3CCN(C(=O)c4ccccc4)CC3)c2)c1. The molecule has 3 N–H and O–H groups in total. The number of nitrogens with zero attached hydrogens (tertiary/aromatic N) is 3. The first kappa shape index (κ1) is 37.7. The van der Waals surface area contributed by atoms with Gasteiger partial charge in [-0.15, -0.1) is 0 Å². The maximum atomic E-state index is 14.1. The molecule has 12 heteroatoms. The summed E-state index contributed by atoms with van der Waals surface area (Å²) in [4.78, 5) is 43.6. The molecule has 1 saturated heterocycles. The average molecular weight is 712 g/mol. The molecule has 270 valence electrons. The van der Waals surface area contributed by atoms with Crippen LogP contribution in [0.25, 0.3) is 11.1 Å². The predicted octanol–water partition coefficient (Wildman–Crippen LogP) is 6.00. The second-order valence-electron chi connectivity index (χ2n) is 13.2. The van der Waals surface area contributed by atoms with Crippen molar-refractivity contribution in [3.05, 3.63) is 125 Å². The summed E-state index contributed by atoms with van der Waals surface area (Å²) in [5.74, 6) is -1.96. The number of aliphatic hydroxyl groups is 1. The van der Waals surface area contributed by atoms with Crippen LogP contribution in [0.15, 0.2) is 97.1 Å². The molecule has 0 aromatic heterocycles. The molecule has 3 amide bonds. The van der Waals surface area contributed by atoms with E-state index in [0.717, 1.165) is 17.2 Å². The average Bonchev–Trinajstić information content (AvgIpc) is 3.14. The number of halogens is 3. The summed E-state index contributed by atoms with van der Waals surface area (Å²) in [5.41, 5.74) is -1.09. The van der Waals surface area contributed by atoms with Crippen LogP contribution in [0.4, 0.5) is 18.9 Å². The fraction of sp³-hybridized carbons (Fsp3) is 0.300. The molecule has 9 nitrogen and oxygen atoms in total. The third kappa shape index (κ3) is 9.04. The topological polar surface area (TPSA) is 126 Å². The van der Waals surface area contributed by atoms with Gasteiger partial charge in [-0.1, -0.05) is 54.6 Å². The first-order valence-electron chi connectivity index (χ1n) is 16.9. The van der Waals surface area contributed by atoms with Crippen LogP contribution in [0.3, 0.4) is 0 Å². The van der Waals surface area contributed by atoms with Crippen LogP contribution < -0.4 is 10.6 Å². The van der Waals surface area contributed by atoms with E-state index in [9.17, 15) is 37.9 Å². The second kappa shape index (κ2) is 16.2. The van der Waals surface area contributed by atoms with E-state index in [-0.39, 0.29) is 49.9 Å². The number of amides is 3. The Bertz CT molecular complexity index is 1950. The first-order chi connectivity index (χ1) is 24.8. The van der Waals surface area contributed by atoms with Gasteiger partial charge in [0.05, 0.1) is 17.2 Å². The summed E-state index contributed by atoms with van der Waals surface area (Å²) >= 11 is 0. The minimum atomic E-state index is -4.84. The minimum Gasteiger partial charge on any atom is -0.379 e. The Morgan fingerprint density at radius 3 is 2.19 bits per heavy atom. The number of piperidine rings is 1. The van der Waals surface area contributed by atoms with Crippen LogP contribution in [-0.2, 0) is 17.4 Å². The normalized spacial score (nSPS) is 14.7. The van der Waals surface area contributed by atoms with Crippen LogP contribution in [0.5, 0.6) is 0 Å². The molecule has 0 aliphatic carbocycles. The number of carbonyl (C=O) groups is 3. The maximum Gasteiger partial charge on any atom is 0.417 e. The highest BCUT2D eigenvalue weighted by Crippen LogP contribution is 2.36. The van der Waals surface area contributed by atoms with E-state index in [1.807, 2.05) is 37.2 Å². The maximum absolute atomic E-state index is 14.1. The molecule has 1 fully saturated rings. The Hall–Kier alpha value is -5.51. The Morgan fingerprint density at radius 1 is 0.885 bits per heavy atom. The van der Waals surface area contributed by atoms with Crippen LogP contribution in [0.2, 0.25) is 0 Å². The van der Waals surface area contributed by atoms with Crippen LogP contribution in [0, 0.1) is 17.2 Å². The highest BCUT2D eigenvalue weighted by atomic mass is 19.4. The van der Waals surface area contributed by atoms with E-state index in [2.05, 4.69) is 10.6 Å². The summed E-state index contributed by atoms with van der Waals surface area (Å²) < 4.78 is 41.3. The molecule has 4 aromatic carbocycles. The zero-order chi connectivity index (χ0) is 37.5. The van der Waals surface area contributed by atoms with E-state index in [1.54, 1.807) is 65.6 Å². The standard InChI is InChI=1S/C40H40F3N5O4/c1-47(2)21-18-45-36(49)31-13-7-12-30(23-31)29-11-6-8-27(22-29)25-39(52,33-16-19-48(20-17-33)37(50)28-9-4-3-5-10-28)38(51)46-34-15-14-32(26-44)35(24-34)40(41,42)43/h3-15,22-24,33,52H,16-21,25H2,1-2H3,(H,45,49)(H,46,51). The molecule has 0 saturated carbocycles. The van der Waals surface area contributed by atoms with Gasteiger partial charge >= 0.3 is 6.18 Å². The number of anilines is 1. The van der Waals surface area contributed by atoms with Gasteiger partial charge < -0.3 is 25.5 Å². The van der Waals surface area contributed by atoms with Gasteiger partial charge in [0, 0.05) is 55.3 Å². The molecule has 52 heavy (non-hydrogen) atoms. The molecule has 1 unspecified atom stereocenters. The lowest BCUT2D eigenvalue weighted by molar-refractivity contribution is -0.142. The van der Waals surface area contributed by atoms with E-state index in [1.165, 1.54) is 12.1 Å². The number of alkyl halides is 3. The van der Waals surface area contributed by atoms with Crippen molar-refractivity contribution in [1.82, 2.24) is 15.1 Å². The summed E-state index contributed by atoms with van der Waals surface area (Å²) in [6, 6.07) is 27.4. The Morgan fingerprint density at radius 2 is 1.54 bits per heavy atom. The molecule has 1 atom stereocenters. The Kier molecular flexibility index (Phi) is 11.8. The van der Waals surface area contributed by atoms with Gasteiger partial charge in [-0.3, -0.25) is 14.4 Å². The number of nitrogens with one attached hydrogen (secondary N) is 2. The fourth-order valence-electron chi connectivity index (χ4n) is 6.43. The first-order valence-corrected chi connectivity index (χ1v) is 16.9. The molecule has 5 rings (SSSR count). The number of likely N-dealkylation sites (tertiary alicyclic amines) is 1. The van der Waals surface area contributed by atoms with Crippen molar-refractivity contribution in [1.29, 1.82) is 5.26 Å². The highest BCUT2D eigenvalue weighted by molar-refractivity contribution is 5.98. The lowest BCUT2D eigenvalue weighted by Crippen LogP contribution is -2.54. The predicted molar refractivity (Wildman–Crippen MR) is 191 cm³/mol. The number of hydrogen-bond donors (Lipinski definition) is 3. The van der Waals surface area contributed by atoms with Gasteiger partial charge in [-0.05, 0) is 86.1 Å². The molecular weight excluding hydrogens is 671 g/mol. The van der Waals surface area contributed by atoms with Crippen LogP contribution in [-0.4, -0.2) is 78.5 Å². The smallest absolute Gasteiger partial charge is 0.379 e. The lowest BCUT2D eigenvalue weighted by atomic mass is 9.75. The van der Waals surface area contributed by atoms with Crippen molar-refractivity contribution >= 4 is 23.4 Å². The van der Waals surface area contributed by atoms with Crippen molar-refractivity contribution in [3.63, 3.8) is 0 Å². The fourth-order valence-corrected chi connectivity index (χ4v) is 6.43. The minimum absolute atomic E-state index is 0.175. The van der Waals surface area contributed by atoms with Crippen molar-refractivity contribution in [2.24, 2.45) is 5.92 Å². The molecule has 1 aliphatic heterocycles. The summed E-state index contributed by atoms with van der Waals surface area (Å²) in [6.45, 7) is 1.67. The third-order valence-corrected chi connectivity index (χ3v) is 9.28. The van der Waals surface area contributed by atoms with E-state index in [4.69, 9.17) is 0 Å². The number of carbonyl (C=O) groups excluding carboxylic acids is 3. The number of likely N-dealkylation sites (N-methyl/N-ethyl adjacent to an activating group) is 1. The van der Waals surface area contributed by atoms with Gasteiger partial charge in [0.1, 0.15) is 5.60 Å². The molecule has 0 radical (unpaired) electrons. The number of nitriles is 1. The van der Waals surface area contributed by atoms with E-state index in [0.29, 0.717) is 35.8 Å². The van der Waals surface area contributed by atoms with Crippen molar-refractivity contribution in [2.75, 3.05) is 45.6 Å². The molecule has 0 spiro atoms. The van der Waals surface area contributed by atoms with Crippen LogP contribution >= 0.6 is 0 Å². The van der Waals surface area contributed by atoms with Gasteiger partial charge in [-0.2, -0.15) is 18.4 Å². The zero-order valence-electron chi connectivity index (χ0n) is 28.9. The quantitative estimate of drug-likeness (QED) is 0.175. The third-order valence-electron chi connectivity index (χ3n) is 9.28. The monoisotopic (exact) mass is 711 g/mol. The molecule has 4 aromatic rings. The van der Waals surface area contributed by atoms with Gasteiger partial charge in [0.15, 0.2) is 0 Å². The summed E-state index contributed by atoms with van der Waals surface area (Å²) in [5, 5.41) is 27.0. The Labute approximate surface area is 300 Å². The van der Waals surface area contributed by atoms with Crippen molar-refractivity contribution < 1.29 is 32.7 Å². The Balaban J connectivity index is 1.42. The molecule has 1 heterocycles. The van der Waals surface area contributed by atoms with Crippen molar-refractivity contribution in [3.8, 4) is 17.2 Å². The molecule has 0 bridgehead atoms. The molecular formula is C40H40F3N5O4. The lowest BCUT2D eigenvalue weighted by Gasteiger charge is -2.40. The number of benzene rings is 4. The highest BCUT2D eigenvalue weighted by Gasteiger charge is 2.46. The van der Waals surface area contributed by atoms with Gasteiger partial charge in [-0.25, -0.2) is 0 Å². The van der Waals surface area contributed by atoms with E-state index >= 15 is 0 Å². The second-order valence-corrected chi connectivity index (χ2v) is 13.2.